The molecule has 0 unspecified atom stereocenters. The lowest BCUT2D eigenvalue weighted by atomic mass is 10.3. The number of carbonyl (C=O) groups is 1. The van der Waals surface area contributed by atoms with Gasteiger partial charge in [0.05, 0.1) is 27.6 Å². The lowest BCUT2D eigenvalue weighted by Gasteiger charge is -2.27. The predicted octanol–water partition coefficient (Wildman–Crippen LogP) is 3.42. The molecule has 28 heavy (non-hydrogen) atoms. The molecular weight excluding hydrogens is 451 g/mol. The topological polar surface area (TPSA) is 104 Å². The van der Waals surface area contributed by atoms with Crippen LogP contribution in [-0.4, -0.2) is 49.5 Å². The van der Waals surface area contributed by atoms with Gasteiger partial charge < -0.3 is 4.74 Å². The molecule has 1 aromatic rings. The maximum Gasteiger partial charge on any atom is 0.461 e. The summed E-state index contributed by atoms with van der Waals surface area (Å²) in [6, 6.07) is 0.595. The molecule has 0 saturated carbocycles. The van der Waals surface area contributed by atoms with E-state index in [0.717, 1.165) is 7.11 Å². The van der Waals surface area contributed by atoms with Crippen LogP contribution in [-0.2, 0) is 19.4 Å². The maximum absolute atomic E-state index is 13.6. The van der Waals surface area contributed by atoms with Gasteiger partial charge >= 0.3 is 23.3 Å². The third kappa shape index (κ3) is 4.16. The van der Waals surface area contributed by atoms with Crippen LogP contribution in [0.1, 0.15) is 0 Å². The van der Waals surface area contributed by atoms with Crippen LogP contribution in [0.15, 0.2) is 28.0 Å². The van der Waals surface area contributed by atoms with Gasteiger partial charge in [-0.15, -0.1) is 11.8 Å². The quantitative estimate of drug-likeness (QED) is 0.202. The number of alkyl halides is 7. The summed E-state index contributed by atoms with van der Waals surface area (Å²) < 4.78 is 118. The van der Waals surface area contributed by atoms with E-state index in [2.05, 4.69) is 4.74 Å². The van der Waals surface area contributed by atoms with Gasteiger partial charge in [-0.05, 0) is 12.1 Å². The van der Waals surface area contributed by atoms with Crippen molar-refractivity contribution in [1.82, 2.24) is 0 Å². The Morgan fingerprint density at radius 3 is 2.14 bits per heavy atom. The number of methoxy groups -OCH3 is 1. The van der Waals surface area contributed by atoms with Crippen LogP contribution in [0, 0.1) is 10.1 Å². The zero-order valence-electron chi connectivity index (χ0n) is 13.3. The van der Waals surface area contributed by atoms with E-state index in [1.807, 2.05) is 0 Å². The summed E-state index contributed by atoms with van der Waals surface area (Å²) in [7, 11) is -5.71. The first-order valence-electron chi connectivity index (χ1n) is 6.55. The number of carbonyl (C=O) groups excluding carboxylic acids is 1. The van der Waals surface area contributed by atoms with Crippen molar-refractivity contribution in [3.05, 3.63) is 28.3 Å². The number of thioether (sulfide) groups is 1. The van der Waals surface area contributed by atoms with Crippen LogP contribution in [0.25, 0.3) is 0 Å². The zero-order valence-corrected chi connectivity index (χ0v) is 14.9. The van der Waals surface area contributed by atoms with Crippen molar-refractivity contribution >= 4 is 33.3 Å². The number of benzene rings is 1. The highest BCUT2D eigenvalue weighted by Gasteiger charge is 2.78. The molecule has 16 heteroatoms. The molecule has 0 aliphatic heterocycles. The first kappa shape index (κ1) is 23.9. The largest absolute Gasteiger partial charge is 0.468 e. The molecule has 0 N–H and O–H groups in total. The van der Waals surface area contributed by atoms with Gasteiger partial charge in [0.2, 0.25) is 0 Å². The normalized spacial score (nSPS) is 13.3. The Kier molecular flexibility index (Phi) is 6.61. The van der Waals surface area contributed by atoms with E-state index in [9.17, 15) is 54.1 Å². The number of halogens is 7. The number of esters is 1. The third-order valence-corrected chi connectivity index (χ3v) is 5.91. The fraction of sp³-hybridized carbons (Fsp3) is 0.417. The second-order valence-corrected chi connectivity index (χ2v) is 7.85. The average Bonchev–Trinajstić information content (AvgIpc) is 2.57. The molecule has 1 rings (SSSR count). The van der Waals surface area contributed by atoms with Crippen molar-refractivity contribution in [3.63, 3.8) is 0 Å². The minimum absolute atomic E-state index is 0.102. The van der Waals surface area contributed by atoms with Crippen molar-refractivity contribution in [2.24, 2.45) is 0 Å². The molecule has 0 aliphatic carbocycles. The average molecular weight is 459 g/mol. The van der Waals surface area contributed by atoms with Crippen LogP contribution in [0.2, 0.25) is 0 Å². The summed E-state index contributed by atoms with van der Waals surface area (Å²) in [5.41, 5.74) is -1.21. The Labute approximate surface area is 155 Å². The summed E-state index contributed by atoms with van der Waals surface area (Å²) in [4.78, 5) is 18.4. The minimum atomic E-state index is -6.97. The molecule has 0 radical (unpaired) electrons. The fourth-order valence-electron chi connectivity index (χ4n) is 1.61. The highest BCUT2D eigenvalue weighted by molar-refractivity contribution is 8.00. The molecule has 0 aromatic heterocycles. The van der Waals surface area contributed by atoms with Gasteiger partial charge in [-0.3, -0.25) is 14.9 Å². The molecule has 0 aliphatic rings. The van der Waals surface area contributed by atoms with Gasteiger partial charge in [0.15, 0.2) is 0 Å². The van der Waals surface area contributed by atoms with E-state index in [1.165, 1.54) is 0 Å². The van der Waals surface area contributed by atoms with Crippen LogP contribution in [0.4, 0.5) is 36.4 Å². The van der Waals surface area contributed by atoms with Crippen molar-refractivity contribution in [1.29, 1.82) is 0 Å². The monoisotopic (exact) mass is 459 g/mol. The number of hydrogen-bond donors (Lipinski definition) is 0. The Morgan fingerprint density at radius 1 is 1.18 bits per heavy atom. The van der Waals surface area contributed by atoms with E-state index in [-0.39, 0.29) is 12.1 Å². The lowest BCUT2D eigenvalue weighted by Crippen LogP contribution is -2.55. The van der Waals surface area contributed by atoms with Crippen molar-refractivity contribution in [2.75, 3.05) is 12.9 Å². The first-order valence-corrected chi connectivity index (χ1v) is 9.02. The Morgan fingerprint density at radius 2 is 1.71 bits per heavy atom. The van der Waals surface area contributed by atoms with Gasteiger partial charge in [0.25, 0.3) is 15.5 Å². The number of ether oxygens (including phenoxy) is 1. The molecule has 158 valence electrons. The van der Waals surface area contributed by atoms with Crippen LogP contribution in [0.5, 0.6) is 0 Å². The van der Waals surface area contributed by atoms with E-state index in [4.69, 9.17) is 0 Å². The highest BCUT2D eigenvalue weighted by Crippen LogP contribution is 2.51. The number of nitrogens with zero attached hydrogens (tertiary/aromatic N) is 1. The van der Waals surface area contributed by atoms with Gasteiger partial charge in [-0.2, -0.15) is 30.7 Å². The molecule has 0 saturated heterocycles. The number of nitro benzene ring substituents is 1. The first-order chi connectivity index (χ1) is 12.5. The zero-order chi connectivity index (χ0) is 22.1. The molecule has 0 heterocycles. The minimum Gasteiger partial charge on any atom is -0.468 e. The van der Waals surface area contributed by atoms with Gasteiger partial charge in [-0.1, -0.05) is 0 Å². The standard InChI is InChI=1S/C12H8F7NO6S2/c1-26-9(21)5-27-8-3-2-6(4-7(8)20(22)23)28(24,25)12(18,19)10(13,14)11(15,16)17/h2-4H,5H2,1H3. The van der Waals surface area contributed by atoms with Crippen molar-refractivity contribution in [2.45, 2.75) is 27.1 Å². The lowest BCUT2D eigenvalue weighted by molar-refractivity contribution is -0.388. The number of sulfone groups is 1. The second-order valence-electron chi connectivity index (χ2n) is 4.84. The van der Waals surface area contributed by atoms with Crippen LogP contribution >= 0.6 is 11.8 Å². The predicted molar refractivity (Wildman–Crippen MR) is 79.0 cm³/mol. The number of hydrogen-bond acceptors (Lipinski definition) is 7. The van der Waals surface area contributed by atoms with Gasteiger partial charge in [0.1, 0.15) is 0 Å². The molecule has 0 fully saturated rings. The third-order valence-electron chi connectivity index (χ3n) is 3.07. The summed E-state index contributed by atoms with van der Waals surface area (Å²) in [5, 5.41) is 4.34. The highest BCUT2D eigenvalue weighted by atomic mass is 32.2. The fourth-order valence-corrected chi connectivity index (χ4v) is 3.71. The Hall–Kier alpha value is -2.10. The van der Waals surface area contributed by atoms with Crippen molar-refractivity contribution in [3.8, 4) is 0 Å². The molecular formula is C12H8F7NO6S2. The summed E-state index contributed by atoms with van der Waals surface area (Å²) >= 11 is 0.418. The van der Waals surface area contributed by atoms with Gasteiger partial charge in [0, 0.05) is 6.07 Å². The molecule has 7 nitrogen and oxygen atoms in total. The van der Waals surface area contributed by atoms with E-state index in [1.54, 1.807) is 0 Å². The Balaban J connectivity index is 3.49. The second kappa shape index (κ2) is 7.73. The molecule has 0 amide bonds. The molecule has 1 aromatic carbocycles. The summed E-state index contributed by atoms with van der Waals surface area (Å²) in [5.74, 6) is -8.36. The smallest absolute Gasteiger partial charge is 0.461 e. The van der Waals surface area contributed by atoms with Crippen LogP contribution < -0.4 is 0 Å². The molecule has 0 bridgehead atoms. The SMILES string of the molecule is COC(=O)CSc1ccc(S(=O)(=O)C(F)(F)C(F)(F)C(F)(F)F)cc1[N+](=O)[O-]. The van der Waals surface area contributed by atoms with Crippen molar-refractivity contribution < 1.29 is 53.6 Å². The number of nitro groups is 1. The van der Waals surface area contributed by atoms with E-state index >= 15 is 0 Å². The molecule has 0 spiro atoms. The summed E-state index contributed by atoms with van der Waals surface area (Å²) in [6.07, 6.45) is -6.91. The van der Waals surface area contributed by atoms with Gasteiger partial charge in [-0.25, -0.2) is 8.42 Å². The number of rotatable bonds is 7. The maximum atomic E-state index is 13.6. The Bertz CT molecular complexity index is 885. The van der Waals surface area contributed by atoms with Crippen LogP contribution in [0.3, 0.4) is 0 Å². The summed E-state index contributed by atoms with van der Waals surface area (Å²) in [6.45, 7) is 0. The molecule has 0 atom stereocenters. The van der Waals surface area contributed by atoms with E-state index in [0.29, 0.717) is 17.8 Å². The van der Waals surface area contributed by atoms with E-state index < -0.39 is 59.3 Å².